The number of rotatable bonds is 3. The average molecular weight is 268 g/mol. The molecule has 0 unspecified atom stereocenters. The van der Waals surface area contributed by atoms with Gasteiger partial charge in [0.15, 0.2) is 0 Å². The van der Waals surface area contributed by atoms with Crippen molar-refractivity contribution in [2.75, 3.05) is 9.38 Å². The Bertz CT molecular complexity index is 379. The summed E-state index contributed by atoms with van der Waals surface area (Å²) in [6.07, 6.45) is 0. The second-order valence-electron chi connectivity index (χ2n) is 2.63. The molecule has 1 rings (SSSR count). The number of H-pyrrole nitrogens is 1. The van der Waals surface area contributed by atoms with Gasteiger partial charge in [0.05, 0.1) is 17.1 Å². The maximum absolute atomic E-state index is 11.2. The molecule has 74 valence electrons. The second kappa shape index (κ2) is 3.67. The second-order valence-corrected chi connectivity index (χ2v) is 5.66. The van der Waals surface area contributed by atoms with Crippen LogP contribution in [0.2, 0.25) is 0 Å². The Kier molecular flexibility index (Phi) is 2.97. The summed E-state index contributed by atoms with van der Waals surface area (Å²) in [6.45, 7) is 3.49. The monoisotopic (exact) mass is 267 g/mol. The maximum atomic E-state index is 11.2. The van der Waals surface area contributed by atoms with E-state index in [9.17, 15) is 8.42 Å². The van der Waals surface area contributed by atoms with Crippen LogP contribution in [-0.4, -0.2) is 23.3 Å². The predicted octanol–water partition coefficient (Wildman–Crippen LogP) is 1.12. The molecule has 0 aliphatic carbocycles. The van der Waals surface area contributed by atoms with Crippen LogP contribution in [0.5, 0.6) is 0 Å². The number of sulfonamides is 1. The van der Waals surface area contributed by atoms with E-state index in [4.69, 9.17) is 0 Å². The Morgan fingerprint density at radius 3 is 2.54 bits per heavy atom. The van der Waals surface area contributed by atoms with Crippen molar-refractivity contribution >= 4 is 31.6 Å². The third-order valence-corrected chi connectivity index (χ3v) is 4.14. The summed E-state index contributed by atoms with van der Waals surface area (Å²) >= 11 is 2.88. The molecule has 1 aromatic heterocycles. The van der Waals surface area contributed by atoms with Gasteiger partial charge < -0.3 is 0 Å². The highest BCUT2D eigenvalue weighted by molar-refractivity contribution is 9.10. The van der Waals surface area contributed by atoms with Gasteiger partial charge in [0.2, 0.25) is 10.0 Å². The van der Waals surface area contributed by atoms with E-state index >= 15 is 0 Å². The van der Waals surface area contributed by atoms with Crippen molar-refractivity contribution in [3.63, 3.8) is 0 Å². The van der Waals surface area contributed by atoms with Gasteiger partial charge >= 0.3 is 0 Å². The Labute approximate surface area is 85.1 Å². The number of anilines is 1. The number of hydrogen-bond acceptors (Lipinski definition) is 3. The van der Waals surface area contributed by atoms with Crippen LogP contribution in [0.3, 0.4) is 0 Å². The van der Waals surface area contributed by atoms with Crippen molar-refractivity contribution in [1.29, 1.82) is 0 Å². The zero-order valence-corrected chi connectivity index (χ0v) is 9.66. The number of halogens is 1. The molecule has 0 amide bonds. The number of hydrogen-bond donors (Lipinski definition) is 2. The van der Waals surface area contributed by atoms with Crippen LogP contribution in [0, 0.1) is 13.8 Å². The molecule has 0 aliphatic rings. The lowest BCUT2D eigenvalue weighted by atomic mass is 10.3. The van der Waals surface area contributed by atoms with Gasteiger partial charge in [-0.1, -0.05) is 15.9 Å². The van der Waals surface area contributed by atoms with E-state index in [2.05, 4.69) is 30.8 Å². The lowest BCUT2D eigenvalue weighted by Gasteiger charge is -2.04. The van der Waals surface area contributed by atoms with Gasteiger partial charge in [-0.2, -0.15) is 5.10 Å². The van der Waals surface area contributed by atoms with E-state index in [0.717, 1.165) is 0 Å². The van der Waals surface area contributed by atoms with E-state index in [1.807, 2.05) is 0 Å². The number of nitrogens with zero attached hydrogens (tertiary/aromatic N) is 1. The third-order valence-electron chi connectivity index (χ3n) is 1.53. The van der Waals surface area contributed by atoms with Crippen LogP contribution in [0.15, 0.2) is 0 Å². The van der Waals surface area contributed by atoms with Crippen LogP contribution in [-0.2, 0) is 10.0 Å². The van der Waals surface area contributed by atoms with E-state index in [0.29, 0.717) is 17.1 Å². The lowest BCUT2D eigenvalue weighted by molar-refractivity contribution is 0.606. The van der Waals surface area contributed by atoms with Gasteiger partial charge in [-0.15, -0.1) is 0 Å². The molecule has 0 radical (unpaired) electrons. The first-order valence-corrected chi connectivity index (χ1v) is 6.31. The zero-order chi connectivity index (χ0) is 10.1. The van der Waals surface area contributed by atoms with Crippen LogP contribution in [0.4, 0.5) is 5.69 Å². The molecular formula is C6H10BrN3O2S. The molecule has 7 heteroatoms. The summed E-state index contributed by atoms with van der Waals surface area (Å²) < 4.78 is 24.6. The van der Waals surface area contributed by atoms with Crippen molar-refractivity contribution in [1.82, 2.24) is 10.2 Å². The van der Waals surface area contributed by atoms with Crippen molar-refractivity contribution in [3.05, 3.63) is 11.4 Å². The molecule has 2 N–H and O–H groups in total. The van der Waals surface area contributed by atoms with E-state index in [-0.39, 0.29) is 4.66 Å². The van der Waals surface area contributed by atoms with Gasteiger partial charge in [0, 0.05) is 0 Å². The molecule has 13 heavy (non-hydrogen) atoms. The molecular weight excluding hydrogens is 258 g/mol. The van der Waals surface area contributed by atoms with Crippen LogP contribution in [0.25, 0.3) is 0 Å². The first-order chi connectivity index (χ1) is 5.96. The van der Waals surface area contributed by atoms with Crippen LogP contribution < -0.4 is 4.72 Å². The van der Waals surface area contributed by atoms with Crippen molar-refractivity contribution in [2.45, 2.75) is 13.8 Å². The summed E-state index contributed by atoms with van der Waals surface area (Å²) in [5, 5.41) is 6.56. The highest BCUT2D eigenvalue weighted by Gasteiger charge is 2.13. The molecule has 5 nitrogen and oxygen atoms in total. The molecule has 0 bridgehead atoms. The standard InChI is InChI=1S/C6H10BrN3O2S/c1-4-6(5(2)9-8-4)10-13(11,12)3-7/h10H,3H2,1-2H3,(H,8,9). The van der Waals surface area contributed by atoms with Crippen molar-refractivity contribution in [3.8, 4) is 0 Å². The van der Waals surface area contributed by atoms with Gasteiger partial charge in [0.25, 0.3) is 0 Å². The van der Waals surface area contributed by atoms with E-state index in [1.54, 1.807) is 13.8 Å². The van der Waals surface area contributed by atoms with Gasteiger partial charge in [0.1, 0.15) is 4.66 Å². The van der Waals surface area contributed by atoms with E-state index in [1.165, 1.54) is 0 Å². The fourth-order valence-corrected chi connectivity index (χ4v) is 1.89. The topological polar surface area (TPSA) is 74.8 Å². The molecule has 0 aliphatic heterocycles. The largest absolute Gasteiger partial charge is 0.280 e. The lowest BCUT2D eigenvalue weighted by Crippen LogP contribution is -2.14. The van der Waals surface area contributed by atoms with Gasteiger partial charge in [-0.3, -0.25) is 9.82 Å². The van der Waals surface area contributed by atoms with Crippen molar-refractivity contribution < 1.29 is 8.42 Å². The smallest absolute Gasteiger partial charge is 0.242 e. The normalized spacial score (nSPS) is 11.6. The number of nitrogens with one attached hydrogen (secondary N) is 2. The average Bonchev–Trinajstić information content (AvgIpc) is 2.36. The molecule has 0 aromatic carbocycles. The Morgan fingerprint density at radius 1 is 1.54 bits per heavy atom. The summed E-state index contributed by atoms with van der Waals surface area (Å²) in [5.74, 6) is 0. The summed E-state index contributed by atoms with van der Waals surface area (Å²) in [4.78, 5) is 0. The number of aromatic nitrogens is 2. The molecule has 1 aromatic rings. The molecule has 1 heterocycles. The zero-order valence-electron chi connectivity index (χ0n) is 7.26. The SMILES string of the molecule is Cc1n[nH]c(C)c1NS(=O)(=O)CBr. The number of aromatic amines is 1. The third kappa shape index (κ3) is 2.44. The van der Waals surface area contributed by atoms with Gasteiger partial charge in [-0.25, -0.2) is 8.42 Å². The predicted molar refractivity (Wildman–Crippen MR) is 54.4 cm³/mol. The fourth-order valence-electron chi connectivity index (χ4n) is 0.884. The number of alkyl halides is 1. The van der Waals surface area contributed by atoms with Crippen LogP contribution in [0.1, 0.15) is 11.4 Å². The molecule has 0 saturated carbocycles. The van der Waals surface area contributed by atoms with Gasteiger partial charge in [-0.05, 0) is 13.8 Å². The molecule has 0 saturated heterocycles. The Balaban J connectivity index is 2.99. The van der Waals surface area contributed by atoms with E-state index < -0.39 is 10.0 Å². The number of aryl methyl sites for hydroxylation is 2. The summed E-state index contributed by atoms with van der Waals surface area (Å²) in [7, 11) is -3.28. The molecule has 0 spiro atoms. The molecule has 0 fully saturated rings. The minimum atomic E-state index is -3.28. The summed E-state index contributed by atoms with van der Waals surface area (Å²) in [5.41, 5.74) is 1.88. The minimum Gasteiger partial charge on any atom is -0.280 e. The first-order valence-electron chi connectivity index (χ1n) is 3.54. The quantitative estimate of drug-likeness (QED) is 0.807. The first kappa shape index (κ1) is 10.5. The Hall–Kier alpha value is -0.560. The Morgan fingerprint density at radius 2 is 2.15 bits per heavy atom. The maximum Gasteiger partial charge on any atom is 0.242 e. The highest BCUT2D eigenvalue weighted by atomic mass is 79.9. The van der Waals surface area contributed by atoms with Crippen LogP contribution >= 0.6 is 15.9 Å². The summed E-state index contributed by atoms with van der Waals surface area (Å²) in [6, 6.07) is 0. The fraction of sp³-hybridized carbons (Fsp3) is 0.500. The molecule has 0 atom stereocenters. The minimum absolute atomic E-state index is 0.121. The highest BCUT2D eigenvalue weighted by Crippen LogP contribution is 2.17. The van der Waals surface area contributed by atoms with Crippen molar-refractivity contribution in [2.24, 2.45) is 0 Å².